The molecule has 1 N–H and O–H groups in total. The van der Waals surface area contributed by atoms with E-state index in [1.807, 2.05) is 37.4 Å². The molecule has 0 bridgehead atoms. The summed E-state index contributed by atoms with van der Waals surface area (Å²) in [5.41, 5.74) is 3.44. The van der Waals surface area contributed by atoms with Gasteiger partial charge in [-0.05, 0) is 23.8 Å². The quantitative estimate of drug-likeness (QED) is 0.726. The molecule has 2 aromatic carbocycles. The van der Waals surface area contributed by atoms with Crippen molar-refractivity contribution in [3.63, 3.8) is 0 Å². The Labute approximate surface area is 148 Å². The number of nitrogens with zero attached hydrogens (tertiary/aromatic N) is 2. The molecule has 1 unspecified atom stereocenters. The number of hydrogen-bond acceptors (Lipinski definition) is 4. The fraction of sp³-hybridized carbons (Fsp3) is 0.222. The number of amides is 1. The Morgan fingerprint density at radius 3 is 2.92 bits per heavy atom. The Bertz CT molecular complexity index is 1040. The molecule has 0 fully saturated rings. The molecule has 126 valence electrons. The van der Waals surface area contributed by atoms with Gasteiger partial charge in [0.25, 0.3) is 0 Å². The number of fused-ring (bicyclic) bond motifs is 3. The second-order valence-corrected chi connectivity index (χ2v) is 6.65. The van der Waals surface area contributed by atoms with Gasteiger partial charge in [-0.25, -0.2) is 0 Å². The lowest BCUT2D eigenvalue weighted by Crippen LogP contribution is -2.24. The summed E-state index contributed by atoms with van der Waals surface area (Å²) < 4.78 is 12.7. The predicted octanol–water partition coefficient (Wildman–Crippen LogP) is 3.43. The topological polar surface area (TPSA) is 65.4 Å². The maximum absolute atomic E-state index is 12.3. The van der Waals surface area contributed by atoms with Crippen molar-refractivity contribution in [3.05, 3.63) is 46.6 Å². The Hall–Kier alpha value is -2.73. The normalized spacial score (nSPS) is 18.3. The molecule has 2 aliphatic rings. The Morgan fingerprint density at radius 1 is 1.28 bits per heavy atom. The molecule has 2 aliphatic heterocycles. The first-order valence-electron chi connectivity index (χ1n) is 7.96. The molecule has 6 nitrogen and oxygen atoms in total. The zero-order valence-electron chi connectivity index (χ0n) is 13.4. The summed E-state index contributed by atoms with van der Waals surface area (Å²) in [6.45, 7) is 0.190. The number of aryl methyl sites for hydroxylation is 1. The summed E-state index contributed by atoms with van der Waals surface area (Å²) in [5, 5.41) is 9.12. The maximum Gasteiger partial charge on any atom is 0.231 e. The zero-order valence-corrected chi connectivity index (χ0v) is 14.1. The molecule has 7 heteroatoms. The largest absolute Gasteiger partial charge is 0.454 e. The van der Waals surface area contributed by atoms with Gasteiger partial charge in [-0.15, -0.1) is 0 Å². The monoisotopic (exact) mass is 355 g/mol. The summed E-state index contributed by atoms with van der Waals surface area (Å²) >= 11 is 6.45. The number of carbonyl (C=O) groups excluding carboxylic acids is 1. The van der Waals surface area contributed by atoms with Crippen molar-refractivity contribution in [1.82, 2.24) is 9.78 Å². The fourth-order valence-corrected chi connectivity index (χ4v) is 3.91. The number of halogens is 1. The summed E-state index contributed by atoms with van der Waals surface area (Å²) in [4.78, 5) is 12.3. The van der Waals surface area contributed by atoms with Crippen LogP contribution in [0.15, 0.2) is 30.3 Å². The van der Waals surface area contributed by atoms with Gasteiger partial charge in [0.1, 0.15) is 0 Å². The van der Waals surface area contributed by atoms with Crippen LogP contribution in [0.5, 0.6) is 11.5 Å². The second kappa shape index (κ2) is 5.13. The third-order valence-corrected chi connectivity index (χ3v) is 5.08. The standard InChI is InChI=1S/C18H14ClN3O3/c1-22-13-4-2-3-11(19)17(13)18(21-22)10-6-16(23)20-12-7-15-14(5-9(10)12)24-8-25-15/h2-5,7,10H,6,8H2,1H3,(H,20,23). The summed E-state index contributed by atoms with van der Waals surface area (Å²) in [6, 6.07) is 9.46. The zero-order chi connectivity index (χ0) is 17.1. The number of ether oxygens (including phenoxy) is 2. The molecule has 1 aromatic heterocycles. The lowest BCUT2D eigenvalue weighted by Gasteiger charge is -2.25. The first-order chi connectivity index (χ1) is 12.1. The van der Waals surface area contributed by atoms with Crippen molar-refractivity contribution in [2.24, 2.45) is 7.05 Å². The molecule has 25 heavy (non-hydrogen) atoms. The average molecular weight is 356 g/mol. The van der Waals surface area contributed by atoms with E-state index in [0.29, 0.717) is 22.9 Å². The van der Waals surface area contributed by atoms with E-state index in [-0.39, 0.29) is 18.6 Å². The predicted molar refractivity (Wildman–Crippen MR) is 93.4 cm³/mol. The molecule has 5 rings (SSSR count). The van der Waals surface area contributed by atoms with Crippen molar-refractivity contribution >= 4 is 34.1 Å². The molecule has 1 amide bonds. The molecular weight excluding hydrogens is 342 g/mol. The first kappa shape index (κ1) is 14.6. The Kier molecular flexibility index (Phi) is 3.00. The van der Waals surface area contributed by atoms with Crippen LogP contribution in [0.3, 0.4) is 0 Å². The van der Waals surface area contributed by atoms with E-state index >= 15 is 0 Å². The van der Waals surface area contributed by atoms with E-state index in [1.54, 1.807) is 4.68 Å². The van der Waals surface area contributed by atoms with E-state index < -0.39 is 0 Å². The summed E-state index contributed by atoms with van der Waals surface area (Å²) in [7, 11) is 1.88. The SMILES string of the molecule is Cn1nc(C2CC(=O)Nc3cc4c(cc32)OCO4)c2c(Cl)cccc21. The van der Waals surface area contributed by atoms with Crippen LogP contribution in [0.2, 0.25) is 5.02 Å². The van der Waals surface area contributed by atoms with Crippen molar-refractivity contribution < 1.29 is 14.3 Å². The van der Waals surface area contributed by atoms with Crippen LogP contribution in [0, 0.1) is 0 Å². The highest BCUT2D eigenvalue weighted by Gasteiger charge is 2.33. The molecule has 0 spiro atoms. The smallest absolute Gasteiger partial charge is 0.231 e. The van der Waals surface area contributed by atoms with Crippen molar-refractivity contribution in [1.29, 1.82) is 0 Å². The number of rotatable bonds is 1. The molecule has 3 heterocycles. The molecule has 0 aliphatic carbocycles. The second-order valence-electron chi connectivity index (χ2n) is 6.24. The van der Waals surface area contributed by atoms with Crippen molar-refractivity contribution in [2.45, 2.75) is 12.3 Å². The number of benzene rings is 2. The third-order valence-electron chi connectivity index (χ3n) is 4.77. The Balaban J connectivity index is 1.75. The van der Waals surface area contributed by atoms with E-state index in [9.17, 15) is 4.79 Å². The highest BCUT2D eigenvalue weighted by Crippen LogP contribution is 2.46. The van der Waals surface area contributed by atoms with Gasteiger partial charge in [0.2, 0.25) is 12.7 Å². The first-order valence-corrected chi connectivity index (χ1v) is 8.34. The van der Waals surface area contributed by atoms with Gasteiger partial charge >= 0.3 is 0 Å². The minimum absolute atomic E-state index is 0.0535. The van der Waals surface area contributed by atoms with E-state index in [1.165, 1.54) is 0 Å². The van der Waals surface area contributed by atoms with Crippen LogP contribution in [-0.2, 0) is 11.8 Å². The number of aromatic nitrogens is 2. The minimum Gasteiger partial charge on any atom is -0.454 e. The van der Waals surface area contributed by atoms with Crippen LogP contribution < -0.4 is 14.8 Å². The van der Waals surface area contributed by atoms with Crippen molar-refractivity contribution in [2.75, 3.05) is 12.1 Å². The van der Waals surface area contributed by atoms with Gasteiger partial charge in [0.15, 0.2) is 11.5 Å². The van der Waals surface area contributed by atoms with Crippen LogP contribution in [0.25, 0.3) is 10.9 Å². The van der Waals surface area contributed by atoms with E-state index in [4.69, 9.17) is 21.1 Å². The molecule has 0 saturated heterocycles. The van der Waals surface area contributed by atoms with Gasteiger partial charge in [0.05, 0.1) is 16.2 Å². The van der Waals surface area contributed by atoms with Crippen LogP contribution >= 0.6 is 11.6 Å². The summed E-state index contributed by atoms with van der Waals surface area (Å²) in [5.74, 6) is 1.08. The van der Waals surface area contributed by atoms with Crippen LogP contribution in [0.4, 0.5) is 5.69 Å². The van der Waals surface area contributed by atoms with Gasteiger partial charge in [0, 0.05) is 36.5 Å². The maximum atomic E-state index is 12.3. The highest BCUT2D eigenvalue weighted by molar-refractivity contribution is 6.35. The van der Waals surface area contributed by atoms with Crippen LogP contribution in [-0.4, -0.2) is 22.5 Å². The number of hydrogen-bond donors (Lipinski definition) is 1. The van der Waals surface area contributed by atoms with Crippen LogP contribution in [0.1, 0.15) is 23.6 Å². The number of carbonyl (C=O) groups is 1. The third kappa shape index (κ3) is 2.10. The van der Waals surface area contributed by atoms with E-state index in [0.717, 1.165) is 27.8 Å². The lowest BCUT2D eigenvalue weighted by atomic mass is 9.86. The van der Waals surface area contributed by atoms with Crippen molar-refractivity contribution in [3.8, 4) is 11.5 Å². The molecular formula is C18H14ClN3O3. The number of anilines is 1. The fourth-order valence-electron chi connectivity index (χ4n) is 3.64. The van der Waals surface area contributed by atoms with Gasteiger partial charge in [-0.1, -0.05) is 17.7 Å². The highest BCUT2D eigenvalue weighted by atomic mass is 35.5. The molecule has 1 atom stereocenters. The molecule has 3 aromatic rings. The van der Waals surface area contributed by atoms with Gasteiger partial charge in [-0.3, -0.25) is 9.48 Å². The molecule has 0 saturated carbocycles. The van der Waals surface area contributed by atoms with Gasteiger partial charge in [-0.2, -0.15) is 5.10 Å². The lowest BCUT2D eigenvalue weighted by molar-refractivity contribution is -0.116. The molecule has 0 radical (unpaired) electrons. The summed E-state index contributed by atoms with van der Waals surface area (Å²) in [6.07, 6.45) is 0.310. The van der Waals surface area contributed by atoms with E-state index in [2.05, 4.69) is 10.4 Å². The van der Waals surface area contributed by atoms with Gasteiger partial charge < -0.3 is 14.8 Å². The Morgan fingerprint density at radius 2 is 2.08 bits per heavy atom. The average Bonchev–Trinajstić information content (AvgIpc) is 3.17. The minimum atomic E-state index is -0.193. The number of nitrogens with one attached hydrogen (secondary N) is 1.